The minimum atomic E-state index is -0.202. The molecule has 178 valence electrons. The van der Waals surface area contributed by atoms with E-state index in [0.717, 1.165) is 22.4 Å². The molecule has 35 heavy (non-hydrogen) atoms. The number of carbonyl (C=O) groups is 1. The number of nitrogens with zero attached hydrogens (tertiary/aromatic N) is 1. The Bertz CT molecular complexity index is 1310. The van der Waals surface area contributed by atoms with Crippen LogP contribution in [0, 0.1) is 0 Å². The van der Waals surface area contributed by atoms with Gasteiger partial charge in [0.15, 0.2) is 11.5 Å². The van der Waals surface area contributed by atoms with Crippen LogP contribution in [0.25, 0.3) is 10.8 Å². The van der Waals surface area contributed by atoms with E-state index < -0.39 is 0 Å². The van der Waals surface area contributed by atoms with Crippen molar-refractivity contribution in [3.63, 3.8) is 0 Å². The van der Waals surface area contributed by atoms with E-state index in [1.807, 2.05) is 67.6 Å². The lowest BCUT2D eigenvalue weighted by Crippen LogP contribution is -2.19. The molecular weight excluding hydrogens is 440 g/mol. The van der Waals surface area contributed by atoms with Crippen molar-refractivity contribution >= 4 is 22.9 Å². The lowest BCUT2D eigenvalue weighted by Gasteiger charge is -2.13. The highest BCUT2D eigenvalue weighted by Gasteiger charge is 2.08. The van der Waals surface area contributed by atoms with Gasteiger partial charge in [-0.25, -0.2) is 5.43 Å². The fourth-order valence-electron chi connectivity index (χ4n) is 3.71. The number of ether oxygens (including phenoxy) is 3. The van der Waals surface area contributed by atoms with E-state index in [2.05, 4.69) is 34.8 Å². The van der Waals surface area contributed by atoms with E-state index in [0.29, 0.717) is 24.7 Å². The smallest absolute Gasteiger partial charge is 0.244 e. The number of hydrogen-bond acceptors (Lipinski definition) is 5. The summed E-state index contributed by atoms with van der Waals surface area (Å²) >= 11 is 0. The second kappa shape index (κ2) is 11.7. The molecule has 1 N–H and O–H groups in total. The molecule has 0 radical (unpaired) electrons. The van der Waals surface area contributed by atoms with E-state index in [9.17, 15) is 4.79 Å². The van der Waals surface area contributed by atoms with Crippen LogP contribution in [-0.2, 0) is 17.8 Å². The van der Waals surface area contributed by atoms with Gasteiger partial charge in [0.25, 0.3) is 0 Å². The van der Waals surface area contributed by atoms with Gasteiger partial charge < -0.3 is 14.2 Å². The Morgan fingerprint density at radius 1 is 0.914 bits per heavy atom. The molecule has 0 atom stereocenters. The number of rotatable bonds is 10. The number of amides is 1. The molecule has 0 aliphatic carbocycles. The topological polar surface area (TPSA) is 69.2 Å². The van der Waals surface area contributed by atoms with Crippen LogP contribution in [0.1, 0.15) is 23.6 Å². The molecule has 0 saturated carbocycles. The highest BCUT2D eigenvalue weighted by Crippen LogP contribution is 2.30. The zero-order valence-electron chi connectivity index (χ0n) is 19.9. The molecule has 0 bridgehead atoms. The Hall–Kier alpha value is -4.32. The molecule has 6 heteroatoms. The van der Waals surface area contributed by atoms with Gasteiger partial charge in [-0.1, -0.05) is 54.6 Å². The number of hydrogen-bond donors (Lipinski definition) is 1. The first-order valence-electron chi connectivity index (χ1n) is 11.5. The number of fused-ring (bicyclic) bond motifs is 1. The normalized spacial score (nSPS) is 10.9. The maximum Gasteiger partial charge on any atom is 0.244 e. The van der Waals surface area contributed by atoms with E-state index in [1.54, 1.807) is 13.3 Å². The monoisotopic (exact) mass is 468 g/mol. The van der Waals surface area contributed by atoms with Crippen LogP contribution < -0.4 is 19.6 Å². The number of hydrazone groups is 1. The van der Waals surface area contributed by atoms with Gasteiger partial charge in [0, 0.05) is 0 Å². The summed E-state index contributed by atoms with van der Waals surface area (Å²) in [5, 5.41) is 6.43. The fraction of sp³-hybridized carbons (Fsp3) is 0.172. The maximum atomic E-state index is 12.2. The summed E-state index contributed by atoms with van der Waals surface area (Å²) in [5.41, 5.74) is 5.34. The molecule has 4 rings (SSSR count). The predicted octanol–water partition coefficient (Wildman–Crippen LogP) is 5.52. The van der Waals surface area contributed by atoms with Crippen LogP contribution in [-0.4, -0.2) is 25.8 Å². The fourth-order valence-corrected chi connectivity index (χ4v) is 3.71. The summed E-state index contributed by atoms with van der Waals surface area (Å²) in [6.45, 7) is 2.86. The van der Waals surface area contributed by atoms with Crippen LogP contribution in [0.4, 0.5) is 0 Å². The first-order valence-corrected chi connectivity index (χ1v) is 11.5. The van der Waals surface area contributed by atoms with Crippen molar-refractivity contribution in [2.45, 2.75) is 20.0 Å². The molecule has 0 aliphatic rings. The van der Waals surface area contributed by atoms with Gasteiger partial charge in [0.05, 0.1) is 26.4 Å². The van der Waals surface area contributed by atoms with Crippen molar-refractivity contribution in [3.8, 4) is 17.2 Å². The quantitative estimate of drug-likeness (QED) is 0.246. The lowest BCUT2D eigenvalue weighted by molar-refractivity contribution is -0.120. The van der Waals surface area contributed by atoms with Gasteiger partial charge in [-0.05, 0) is 64.7 Å². The Morgan fingerprint density at radius 3 is 2.51 bits per heavy atom. The van der Waals surface area contributed by atoms with Crippen molar-refractivity contribution in [2.24, 2.45) is 5.10 Å². The zero-order valence-corrected chi connectivity index (χ0v) is 19.9. The minimum Gasteiger partial charge on any atom is -0.497 e. The third-order valence-electron chi connectivity index (χ3n) is 5.46. The molecule has 6 nitrogen and oxygen atoms in total. The van der Waals surface area contributed by atoms with Crippen LogP contribution in [0.5, 0.6) is 17.2 Å². The van der Waals surface area contributed by atoms with Crippen molar-refractivity contribution in [2.75, 3.05) is 13.7 Å². The Morgan fingerprint density at radius 2 is 1.71 bits per heavy atom. The summed E-state index contributed by atoms with van der Waals surface area (Å²) < 4.78 is 17.0. The Kier molecular flexibility index (Phi) is 7.96. The van der Waals surface area contributed by atoms with E-state index >= 15 is 0 Å². The number of carbonyl (C=O) groups excluding carboxylic acids is 1. The van der Waals surface area contributed by atoms with Crippen molar-refractivity contribution in [1.82, 2.24) is 5.43 Å². The molecule has 4 aromatic carbocycles. The second-order valence-corrected chi connectivity index (χ2v) is 7.88. The third-order valence-corrected chi connectivity index (χ3v) is 5.46. The standard InChI is InChI=1S/C29H28N2O4/c1-3-34-28-17-22(19-30-31-29(32)18-21-11-14-25(33-2)15-12-21)13-16-27(28)35-20-24-9-6-8-23-7-4-5-10-26(23)24/h4-17,19H,3,18,20H2,1-2H3,(H,31,32)/b30-19-. The molecule has 1 amide bonds. The number of benzene rings is 4. The second-order valence-electron chi connectivity index (χ2n) is 7.88. The molecule has 0 aromatic heterocycles. The molecule has 0 saturated heterocycles. The first kappa shape index (κ1) is 23.8. The molecule has 0 aliphatic heterocycles. The zero-order chi connectivity index (χ0) is 24.5. The average Bonchev–Trinajstić information content (AvgIpc) is 2.89. The van der Waals surface area contributed by atoms with E-state index in [1.165, 1.54) is 10.8 Å². The van der Waals surface area contributed by atoms with Gasteiger partial charge in [-0.2, -0.15) is 5.10 Å². The lowest BCUT2D eigenvalue weighted by atomic mass is 10.1. The summed E-state index contributed by atoms with van der Waals surface area (Å²) in [6, 6.07) is 27.4. The van der Waals surface area contributed by atoms with Gasteiger partial charge >= 0.3 is 0 Å². The van der Waals surface area contributed by atoms with Crippen molar-refractivity contribution in [1.29, 1.82) is 0 Å². The van der Waals surface area contributed by atoms with Gasteiger partial charge in [-0.15, -0.1) is 0 Å². The van der Waals surface area contributed by atoms with Crippen LogP contribution >= 0.6 is 0 Å². The van der Waals surface area contributed by atoms with Crippen LogP contribution in [0.15, 0.2) is 90.0 Å². The Labute approximate surface area is 205 Å². The molecule has 0 unspecified atom stereocenters. The summed E-state index contributed by atoms with van der Waals surface area (Å²) in [6.07, 6.45) is 1.81. The molecular formula is C29H28N2O4. The largest absolute Gasteiger partial charge is 0.497 e. The predicted molar refractivity (Wildman–Crippen MR) is 138 cm³/mol. The van der Waals surface area contributed by atoms with Crippen molar-refractivity contribution in [3.05, 3.63) is 102 Å². The summed E-state index contributed by atoms with van der Waals surface area (Å²) in [7, 11) is 1.61. The van der Waals surface area contributed by atoms with Crippen LogP contribution in [0.3, 0.4) is 0 Å². The highest BCUT2D eigenvalue weighted by molar-refractivity contribution is 5.86. The SMILES string of the molecule is CCOc1cc(/C=N\NC(=O)Cc2ccc(OC)cc2)ccc1OCc1cccc2ccccc12. The van der Waals surface area contributed by atoms with Crippen molar-refractivity contribution < 1.29 is 19.0 Å². The van der Waals surface area contributed by atoms with Gasteiger partial charge in [0.2, 0.25) is 5.91 Å². The molecule has 4 aromatic rings. The van der Waals surface area contributed by atoms with Gasteiger partial charge in [-0.3, -0.25) is 4.79 Å². The highest BCUT2D eigenvalue weighted by atomic mass is 16.5. The van der Waals surface area contributed by atoms with E-state index in [4.69, 9.17) is 14.2 Å². The first-order chi connectivity index (χ1) is 17.2. The molecule has 0 spiro atoms. The van der Waals surface area contributed by atoms with Gasteiger partial charge in [0.1, 0.15) is 12.4 Å². The van der Waals surface area contributed by atoms with Crippen LogP contribution in [0.2, 0.25) is 0 Å². The van der Waals surface area contributed by atoms with E-state index in [-0.39, 0.29) is 12.3 Å². The minimum absolute atomic E-state index is 0.202. The Balaban J connectivity index is 1.39. The third kappa shape index (κ3) is 6.38. The average molecular weight is 469 g/mol. The summed E-state index contributed by atoms with van der Waals surface area (Å²) in [5.74, 6) is 1.83. The number of nitrogens with one attached hydrogen (secondary N) is 1. The number of methoxy groups -OCH3 is 1. The summed E-state index contributed by atoms with van der Waals surface area (Å²) in [4.78, 5) is 12.2. The molecule has 0 heterocycles. The maximum absolute atomic E-state index is 12.2. The molecule has 0 fully saturated rings.